The maximum absolute atomic E-state index is 5.42. The second-order valence-electron chi connectivity index (χ2n) is 6.60. The molecule has 2 heteroatoms. The van der Waals surface area contributed by atoms with Gasteiger partial charge in [-0.05, 0) is 23.1 Å². The van der Waals surface area contributed by atoms with Crippen molar-refractivity contribution in [3.05, 3.63) is 23.8 Å². The molecule has 1 aliphatic heterocycles. The summed E-state index contributed by atoms with van der Waals surface area (Å²) in [5, 5.41) is 0. The highest BCUT2D eigenvalue weighted by atomic mass is 16.5. The Balaban J connectivity index is 3.12. The van der Waals surface area contributed by atoms with Crippen LogP contribution in [0.3, 0.4) is 0 Å². The molecule has 0 aromatic carbocycles. The third-order valence-corrected chi connectivity index (χ3v) is 2.89. The topological polar surface area (TPSA) is 21.6 Å². The Hall–Kier alpha value is -0.890. The molecule has 0 amide bonds. The summed E-state index contributed by atoms with van der Waals surface area (Å²) in [6.45, 7) is 13.1. The zero-order valence-electron chi connectivity index (χ0n) is 12.2. The summed E-state index contributed by atoms with van der Waals surface area (Å²) < 4.78 is 5.42. The van der Waals surface area contributed by atoms with Crippen LogP contribution in [0.2, 0.25) is 0 Å². The van der Waals surface area contributed by atoms with Gasteiger partial charge in [-0.2, -0.15) is 0 Å². The van der Waals surface area contributed by atoms with E-state index in [-0.39, 0.29) is 17.1 Å². The molecule has 1 unspecified atom stereocenters. The summed E-state index contributed by atoms with van der Waals surface area (Å²) in [7, 11) is 1.70. The number of hydrogen-bond donors (Lipinski definition) is 0. The van der Waals surface area contributed by atoms with Gasteiger partial charge >= 0.3 is 0 Å². The molecule has 0 N–H and O–H groups in total. The first-order valence-corrected chi connectivity index (χ1v) is 6.16. The van der Waals surface area contributed by atoms with Gasteiger partial charge in [0.1, 0.15) is 0 Å². The molecule has 0 aliphatic carbocycles. The van der Waals surface area contributed by atoms with Gasteiger partial charge in [0.15, 0.2) is 6.23 Å². The fourth-order valence-electron chi connectivity index (χ4n) is 1.66. The average Bonchev–Trinajstić information content (AvgIpc) is 2.37. The van der Waals surface area contributed by atoms with Crippen LogP contribution in [0.4, 0.5) is 0 Å². The molecule has 2 nitrogen and oxygen atoms in total. The maximum Gasteiger partial charge on any atom is 0.167 e. The van der Waals surface area contributed by atoms with Crippen molar-refractivity contribution in [3.8, 4) is 0 Å². The summed E-state index contributed by atoms with van der Waals surface area (Å²) in [6, 6.07) is 0. The minimum atomic E-state index is -0.173. The Morgan fingerprint density at radius 2 is 1.59 bits per heavy atom. The zero-order chi connectivity index (χ0) is 13.3. The Bertz CT molecular complexity index is 327. The van der Waals surface area contributed by atoms with Gasteiger partial charge in [-0.1, -0.05) is 47.6 Å². The highest BCUT2D eigenvalue weighted by molar-refractivity contribution is 5.99. The zero-order valence-corrected chi connectivity index (χ0v) is 12.2. The van der Waals surface area contributed by atoms with Crippen LogP contribution >= 0.6 is 0 Å². The average molecular weight is 235 g/mol. The summed E-state index contributed by atoms with van der Waals surface area (Å²) in [5.41, 5.74) is 2.53. The van der Waals surface area contributed by atoms with Crippen LogP contribution in [-0.4, -0.2) is 19.0 Å². The molecule has 0 fully saturated rings. The highest BCUT2D eigenvalue weighted by Crippen LogP contribution is 2.30. The van der Waals surface area contributed by atoms with Crippen molar-refractivity contribution in [3.63, 3.8) is 0 Å². The molecule has 0 saturated heterocycles. The third-order valence-electron chi connectivity index (χ3n) is 2.89. The molecule has 96 valence electrons. The predicted octanol–water partition coefficient (Wildman–Crippen LogP) is 3.99. The van der Waals surface area contributed by atoms with Crippen molar-refractivity contribution < 1.29 is 4.74 Å². The second kappa shape index (κ2) is 4.77. The Labute approximate surface area is 105 Å². The molecule has 0 saturated carbocycles. The molecule has 0 aromatic rings. The van der Waals surface area contributed by atoms with E-state index in [0.29, 0.717) is 0 Å². The van der Waals surface area contributed by atoms with Gasteiger partial charge in [-0.3, -0.25) is 4.99 Å². The van der Waals surface area contributed by atoms with E-state index in [9.17, 15) is 0 Å². The first-order chi connectivity index (χ1) is 7.64. The summed E-state index contributed by atoms with van der Waals surface area (Å²) in [4.78, 5) is 4.66. The van der Waals surface area contributed by atoms with E-state index in [4.69, 9.17) is 4.74 Å². The SMILES string of the molecule is COC1C=C(C(C)(C)C)C=CC(C(C)(C)C)=N1. The smallest absolute Gasteiger partial charge is 0.167 e. The van der Waals surface area contributed by atoms with Crippen molar-refractivity contribution >= 4 is 5.71 Å². The minimum Gasteiger partial charge on any atom is -0.356 e. The fourth-order valence-corrected chi connectivity index (χ4v) is 1.66. The van der Waals surface area contributed by atoms with Crippen molar-refractivity contribution in [2.24, 2.45) is 15.8 Å². The summed E-state index contributed by atoms with van der Waals surface area (Å²) >= 11 is 0. The van der Waals surface area contributed by atoms with Crippen LogP contribution in [0, 0.1) is 10.8 Å². The van der Waals surface area contributed by atoms with Crippen molar-refractivity contribution in [1.29, 1.82) is 0 Å². The first kappa shape index (κ1) is 14.2. The lowest BCUT2D eigenvalue weighted by Gasteiger charge is -2.20. The number of nitrogens with zero attached hydrogens (tertiary/aromatic N) is 1. The van der Waals surface area contributed by atoms with E-state index in [1.165, 1.54) is 5.57 Å². The van der Waals surface area contributed by atoms with Crippen molar-refractivity contribution in [2.45, 2.75) is 47.8 Å². The third kappa shape index (κ3) is 3.81. The number of allylic oxidation sites excluding steroid dienone is 3. The quantitative estimate of drug-likeness (QED) is 0.673. The summed E-state index contributed by atoms with van der Waals surface area (Å²) in [6.07, 6.45) is 6.22. The number of ether oxygens (including phenoxy) is 1. The second-order valence-corrected chi connectivity index (χ2v) is 6.60. The van der Waals surface area contributed by atoms with Crippen LogP contribution in [0.5, 0.6) is 0 Å². The molecule has 1 heterocycles. The number of methoxy groups -OCH3 is 1. The van der Waals surface area contributed by atoms with Gasteiger partial charge in [0.2, 0.25) is 0 Å². The van der Waals surface area contributed by atoms with Gasteiger partial charge in [0.05, 0.1) is 0 Å². The lowest BCUT2D eigenvalue weighted by atomic mass is 9.84. The molecule has 1 rings (SSSR count). The Kier molecular flexibility index (Phi) is 3.98. The number of rotatable bonds is 1. The molecule has 17 heavy (non-hydrogen) atoms. The fraction of sp³-hybridized carbons (Fsp3) is 0.667. The normalized spacial score (nSPS) is 21.9. The molecular weight excluding hydrogens is 210 g/mol. The van der Waals surface area contributed by atoms with Crippen LogP contribution < -0.4 is 0 Å². The van der Waals surface area contributed by atoms with Crippen LogP contribution in [0.15, 0.2) is 28.8 Å². The van der Waals surface area contributed by atoms with Crippen LogP contribution in [0.1, 0.15) is 41.5 Å². The maximum atomic E-state index is 5.42. The standard InChI is InChI=1S/C15H25NO/c1-14(2,3)11-8-9-12(15(4,5)6)16-13(10-11)17-7/h8-10,13H,1-7H3. The van der Waals surface area contributed by atoms with E-state index < -0.39 is 0 Å². The molecule has 1 atom stereocenters. The van der Waals surface area contributed by atoms with Gasteiger partial charge in [-0.15, -0.1) is 0 Å². The highest BCUT2D eigenvalue weighted by Gasteiger charge is 2.23. The minimum absolute atomic E-state index is 0.0501. The van der Waals surface area contributed by atoms with E-state index >= 15 is 0 Å². The van der Waals surface area contributed by atoms with E-state index in [1.54, 1.807) is 7.11 Å². The lowest BCUT2D eigenvalue weighted by Crippen LogP contribution is -2.20. The predicted molar refractivity (Wildman–Crippen MR) is 74.4 cm³/mol. The van der Waals surface area contributed by atoms with E-state index in [0.717, 1.165) is 5.71 Å². The van der Waals surface area contributed by atoms with Gasteiger partial charge in [0.25, 0.3) is 0 Å². The molecule has 0 radical (unpaired) electrons. The Morgan fingerprint density at radius 1 is 1.00 bits per heavy atom. The van der Waals surface area contributed by atoms with Crippen LogP contribution in [-0.2, 0) is 4.74 Å². The van der Waals surface area contributed by atoms with E-state index in [2.05, 4.69) is 64.8 Å². The number of hydrogen-bond acceptors (Lipinski definition) is 2. The van der Waals surface area contributed by atoms with Gasteiger partial charge in [-0.25, -0.2) is 0 Å². The van der Waals surface area contributed by atoms with Crippen LogP contribution in [0.25, 0.3) is 0 Å². The van der Waals surface area contributed by atoms with E-state index in [1.807, 2.05) is 0 Å². The first-order valence-electron chi connectivity index (χ1n) is 6.16. The largest absolute Gasteiger partial charge is 0.356 e. The summed E-state index contributed by atoms with van der Waals surface area (Å²) in [5.74, 6) is 0. The molecule has 0 bridgehead atoms. The van der Waals surface area contributed by atoms with Gasteiger partial charge < -0.3 is 4.74 Å². The molecule has 1 aliphatic rings. The Morgan fingerprint density at radius 3 is 2.00 bits per heavy atom. The molecule has 0 aromatic heterocycles. The number of aliphatic imine (C=N–C) groups is 1. The van der Waals surface area contributed by atoms with Gasteiger partial charge in [0, 0.05) is 18.2 Å². The molecular formula is C15H25NO. The molecule has 0 spiro atoms. The monoisotopic (exact) mass is 235 g/mol. The van der Waals surface area contributed by atoms with Crippen molar-refractivity contribution in [1.82, 2.24) is 0 Å². The van der Waals surface area contributed by atoms with Crippen molar-refractivity contribution in [2.75, 3.05) is 7.11 Å². The lowest BCUT2D eigenvalue weighted by molar-refractivity contribution is 0.146.